The Labute approximate surface area is 84.7 Å². The fourth-order valence-corrected chi connectivity index (χ4v) is 1.53. The molecule has 0 fully saturated rings. The van der Waals surface area contributed by atoms with Gasteiger partial charge in [-0.25, -0.2) is 0 Å². The third-order valence-corrected chi connectivity index (χ3v) is 2.63. The molecule has 0 atom stereocenters. The van der Waals surface area contributed by atoms with E-state index in [1.165, 1.54) is 24.0 Å². The fraction of sp³-hybridized carbons (Fsp3) is 0.455. The van der Waals surface area contributed by atoms with Crippen molar-refractivity contribution in [1.29, 1.82) is 0 Å². The Bertz CT molecular complexity index is 248. The van der Waals surface area contributed by atoms with Crippen LogP contribution in [0.1, 0.15) is 25.3 Å². The molecule has 13 heavy (non-hydrogen) atoms. The third-order valence-electron chi connectivity index (χ3n) is 1.74. The third kappa shape index (κ3) is 3.83. The molecule has 0 aliphatic rings. The van der Waals surface area contributed by atoms with E-state index in [1.807, 2.05) is 12.1 Å². The first-order chi connectivity index (χ1) is 6.34. The first-order valence-electron chi connectivity index (χ1n) is 4.61. The smallest absolute Gasteiger partial charge is 0.0618 e. The summed E-state index contributed by atoms with van der Waals surface area (Å²) in [7, 11) is 0. The van der Waals surface area contributed by atoms with Crippen LogP contribution in [-0.4, -0.2) is 6.61 Å². The Kier molecular flexibility index (Phi) is 4.94. The largest absolute Gasteiger partial charge is 0.310 e. The van der Waals surface area contributed by atoms with Crippen molar-refractivity contribution in [2.75, 3.05) is 6.61 Å². The van der Waals surface area contributed by atoms with Crippen LogP contribution in [0.2, 0.25) is 0 Å². The molecule has 0 saturated carbocycles. The van der Waals surface area contributed by atoms with Gasteiger partial charge in [-0.2, -0.15) is 0 Å². The van der Waals surface area contributed by atoms with Crippen molar-refractivity contribution in [3.05, 3.63) is 29.8 Å². The Morgan fingerprint density at radius 2 is 2.38 bits per heavy atom. The lowest BCUT2D eigenvalue weighted by Gasteiger charge is -2.03. The lowest BCUT2D eigenvalue weighted by Crippen LogP contribution is -1.86. The highest BCUT2D eigenvalue weighted by atomic mass is 32.2. The van der Waals surface area contributed by atoms with Crippen molar-refractivity contribution in [1.82, 2.24) is 0 Å². The highest BCUT2D eigenvalue weighted by Gasteiger charge is 1.97. The molecule has 0 amide bonds. The normalized spacial score (nSPS) is 10.3. The molecule has 0 bridgehead atoms. The molecule has 0 saturated heterocycles. The van der Waals surface area contributed by atoms with Gasteiger partial charge >= 0.3 is 0 Å². The first kappa shape index (κ1) is 10.6. The predicted molar refractivity (Wildman–Crippen MR) is 56.7 cm³/mol. The zero-order valence-corrected chi connectivity index (χ0v) is 8.99. The van der Waals surface area contributed by atoms with Crippen molar-refractivity contribution < 1.29 is 4.18 Å². The standard InChI is InChI=1S/C11H15OS/c1-3-4-9-12-13-11-8-6-5-7-10(11)2/h5-7H,3-4,9H2,1-2H3. The SMILES string of the molecule is CCCCOSc1[c]cccc1C. The summed E-state index contributed by atoms with van der Waals surface area (Å²) < 4.78 is 5.43. The van der Waals surface area contributed by atoms with E-state index in [4.69, 9.17) is 4.18 Å². The van der Waals surface area contributed by atoms with E-state index in [-0.39, 0.29) is 0 Å². The first-order valence-corrected chi connectivity index (χ1v) is 5.35. The monoisotopic (exact) mass is 195 g/mol. The molecular formula is C11H15OS. The summed E-state index contributed by atoms with van der Waals surface area (Å²) in [5.74, 6) is 0. The van der Waals surface area contributed by atoms with E-state index in [0.717, 1.165) is 17.9 Å². The van der Waals surface area contributed by atoms with Crippen LogP contribution >= 0.6 is 12.0 Å². The van der Waals surface area contributed by atoms with Gasteiger partial charge < -0.3 is 4.18 Å². The summed E-state index contributed by atoms with van der Waals surface area (Å²) in [4.78, 5) is 1.10. The number of hydrogen-bond acceptors (Lipinski definition) is 2. The summed E-state index contributed by atoms with van der Waals surface area (Å²) in [6.07, 6.45) is 2.30. The molecular weight excluding hydrogens is 180 g/mol. The van der Waals surface area contributed by atoms with E-state index < -0.39 is 0 Å². The van der Waals surface area contributed by atoms with Gasteiger partial charge in [0.25, 0.3) is 0 Å². The number of benzene rings is 1. The van der Waals surface area contributed by atoms with Crippen LogP contribution in [-0.2, 0) is 4.18 Å². The van der Waals surface area contributed by atoms with Crippen molar-refractivity contribution in [2.45, 2.75) is 31.6 Å². The topological polar surface area (TPSA) is 9.23 Å². The van der Waals surface area contributed by atoms with Gasteiger partial charge in [0, 0.05) is 16.9 Å². The maximum atomic E-state index is 5.43. The van der Waals surface area contributed by atoms with Crippen molar-refractivity contribution in [2.24, 2.45) is 0 Å². The minimum Gasteiger partial charge on any atom is -0.310 e. The van der Waals surface area contributed by atoms with Gasteiger partial charge in [0.2, 0.25) is 0 Å². The molecule has 1 aromatic rings. The minimum absolute atomic E-state index is 0.823. The van der Waals surface area contributed by atoms with Crippen LogP contribution in [0.4, 0.5) is 0 Å². The fourth-order valence-electron chi connectivity index (χ4n) is 0.899. The lowest BCUT2D eigenvalue weighted by atomic mass is 10.2. The van der Waals surface area contributed by atoms with Gasteiger partial charge in [-0.15, -0.1) is 0 Å². The molecule has 1 aromatic carbocycles. The predicted octanol–water partition coefficient (Wildman–Crippen LogP) is 3.62. The summed E-state index contributed by atoms with van der Waals surface area (Å²) in [5, 5.41) is 0. The summed E-state index contributed by atoms with van der Waals surface area (Å²) in [6.45, 7) is 5.05. The van der Waals surface area contributed by atoms with Crippen LogP contribution in [0.15, 0.2) is 23.1 Å². The maximum Gasteiger partial charge on any atom is 0.0618 e. The summed E-state index contributed by atoms with van der Waals surface area (Å²) in [6, 6.07) is 9.13. The molecule has 1 radical (unpaired) electrons. The second-order valence-corrected chi connectivity index (χ2v) is 3.75. The second kappa shape index (κ2) is 6.06. The molecule has 1 rings (SSSR count). The Hall–Kier alpha value is -0.470. The average Bonchev–Trinajstić information content (AvgIpc) is 2.15. The van der Waals surface area contributed by atoms with Crippen molar-refractivity contribution in [3.63, 3.8) is 0 Å². The van der Waals surface area contributed by atoms with Gasteiger partial charge in [0.1, 0.15) is 0 Å². The molecule has 71 valence electrons. The number of rotatable bonds is 5. The van der Waals surface area contributed by atoms with E-state index in [0.29, 0.717) is 0 Å². The summed E-state index contributed by atoms with van der Waals surface area (Å²) >= 11 is 1.43. The minimum atomic E-state index is 0.823. The molecule has 0 heterocycles. The quantitative estimate of drug-likeness (QED) is 0.524. The molecule has 0 N–H and O–H groups in total. The van der Waals surface area contributed by atoms with Crippen molar-refractivity contribution >= 4 is 12.0 Å². The van der Waals surface area contributed by atoms with Crippen LogP contribution in [0.3, 0.4) is 0 Å². The molecule has 0 spiro atoms. The number of hydrogen-bond donors (Lipinski definition) is 0. The van der Waals surface area contributed by atoms with E-state index >= 15 is 0 Å². The molecule has 0 aliphatic carbocycles. The molecule has 0 unspecified atom stereocenters. The average molecular weight is 195 g/mol. The second-order valence-electron chi connectivity index (χ2n) is 2.94. The number of aryl methyl sites for hydroxylation is 1. The highest BCUT2D eigenvalue weighted by Crippen LogP contribution is 2.22. The highest BCUT2D eigenvalue weighted by molar-refractivity contribution is 7.94. The zero-order valence-electron chi connectivity index (χ0n) is 8.17. The summed E-state index contributed by atoms with van der Waals surface area (Å²) in [5.41, 5.74) is 1.23. The van der Waals surface area contributed by atoms with Crippen molar-refractivity contribution in [3.8, 4) is 0 Å². The Balaban J connectivity index is 2.32. The van der Waals surface area contributed by atoms with E-state index in [2.05, 4.69) is 26.0 Å². The van der Waals surface area contributed by atoms with Gasteiger partial charge in [-0.05, 0) is 25.0 Å². The maximum absolute atomic E-state index is 5.43. The number of unbranched alkanes of at least 4 members (excludes halogenated alkanes) is 1. The van der Waals surface area contributed by atoms with Crippen LogP contribution in [0.5, 0.6) is 0 Å². The molecule has 0 aliphatic heterocycles. The van der Waals surface area contributed by atoms with Gasteiger partial charge in [-0.3, -0.25) is 0 Å². The lowest BCUT2D eigenvalue weighted by molar-refractivity contribution is 0.362. The molecule has 1 nitrogen and oxygen atoms in total. The zero-order chi connectivity index (χ0) is 9.52. The Morgan fingerprint density at radius 3 is 3.08 bits per heavy atom. The van der Waals surface area contributed by atoms with E-state index in [1.54, 1.807) is 0 Å². The van der Waals surface area contributed by atoms with Gasteiger partial charge in [-0.1, -0.05) is 31.5 Å². The van der Waals surface area contributed by atoms with Crippen LogP contribution in [0.25, 0.3) is 0 Å². The van der Waals surface area contributed by atoms with Crippen LogP contribution < -0.4 is 0 Å². The Morgan fingerprint density at radius 1 is 1.54 bits per heavy atom. The van der Waals surface area contributed by atoms with Gasteiger partial charge in [0.15, 0.2) is 0 Å². The molecule has 2 heteroatoms. The van der Waals surface area contributed by atoms with Crippen LogP contribution in [0, 0.1) is 13.0 Å². The molecule has 0 aromatic heterocycles. The van der Waals surface area contributed by atoms with Gasteiger partial charge in [0.05, 0.1) is 6.61 Å². The van der Waals surface area contributed by atoms with E-state index in [9.17, 15) is 0 Å².